The maximum atomic E-state index is 13.0. The molecule has 0 saturated heterocycles. The van der Waals surface area contributed by atoms with Gasteiger partial charge in [-0.25, -0.2) is 9.78 Å². The molecule has 0 spiro atoms. The largest absolute Gasteiger partial charge is 0.462 e. The van der Waals surface area contributed by atoms with Crippen molar-refractivity contribution in [2.24, 2.45) is 5.92 Å². The van der Waals surface area contributed by atoms with Gasteiger partial charge in [-0.3, -0.25) is 0 Å². The summed E-state index contributed by atoms with van der Waals surface area (Å²) in [4.78, 5) is 15.1. The number of pyridine rings is 1. The fourth-order valence-corrected chi connectivity index (χ4v) is 2.02. The topological polar surface area (TPSA) is 39.2 Å². The molecule has 1 aromatic rings. The Labute approximate surface area is 120 Å². The minimum absolute atomic E-state index is 0.0140. The molecule has 1 rings (SSSR count). The highest BCUT2D eigenvalue weighted by Gasteiger charge is 2.39. The van der Waals surface area contributed by atoms with Gasteiger partial charge in [-0.15, -0.1) is 0 Å². The molecule has 0 unspecified atom stereocenters. The number of hydrogen-bond donors (Lipinski definition) is 0. The molecule has 20 heavy (non-hydrogen) atoms. The summed E-state index contributed by atoms with van der Waals surface area (Å²) in [5.41, 5.74) is -1.64. The van der Waals surface area contributed by atoms with Gasteiger partial charge in [0, 0.05) is 0 Å². The zero-order valence-corrected chi connectivity index (χ0v) is 12.1. The maximum Gasteiger partial charge on any atom is 0.434 e. The number of ether oxygens (including phenoxy) is 1. The molecular weight excluding hydrogens is 295 g/mol. The van der Waals surface area contributed by atoms with E-state index >= 15 is 0 Å². The Hall–Kier alpha value is -1.30. The average molecular weight is 310 g/mol. The van der Waals surface area contributed by atoms with Crippen molar-refractivity contribution >= 4 is 17.6 Å². The number of halogens is 4. The zero-order valence-electron chi connectivity index (χ0n) is 11.3. The first-order valence-electron chi connectivity index (χ1n) is 6.10. The monoisotopic (exact) mass is 309 g/mol. The molecule has 112 valence electrons. The van der Waals surface area contributed by atoms with Crippen molar-refractivity contribution in [2.45, 2.75) is 33.4 Å². The third kappa shape index (κ3) is 4.10. The zero-order chi connectivity index (χ0) is 15.5. The van der Waals surface area contributed by atoms with Crippen molar-refractivity contribution in [3.05, 3.63) is 28.0 Å². The van der Waals surface area contributed by atoms with E-state index in [1.54, 1.807) is 0 Å². The van der Waals surface area contributed by atoms with Crippen LogP contribution in [0.25, 0.3) is 0 Å². The minimum Gasteiger partial charge on any atom is -0.462 e. The fraction of sp³-hybridized carbons (Fsp3) is 0.538. The SMILES string of the molecule is CCOC(=O)c1c(CC(C)C)cc(Cl)nc1C(F)(F)F. The fourth-order valence-electron chi connectivity index (χ4n) is 1.80. The second-order valence-electron chi connectivity index (χ2n) is 4.64. The number of hydrogen-bond acceptors (Lipinski definition) is 3. The van der Waals surface area contributed by atoms with Gasteiger partial charge in [-0.2, -0.15) is 13.2 Å². The van der Waals surface area contributed by atoms with Crippen molar-refractivity contribution in [2.75, 3.05) is 6.61 Å². The molecule has 0 aliphatic carbocycles. The van der Waals surface area contributed by atoms with E-state index in [1.807, 2.05) is 13.8 Å². The molecule has 1 heterocycles. The van der Waals surface area contributed by atoms with Crippen molar-refractivity contribution in [3.8, 4) is 0 Å². The number of aromatic nitrogens is 1. The van der Waals surface area contributed by atoms with Gasteiger partial charge in [-0.05, 0) is 30.9 Å². The van der Waals surface area contributed by atoms with Gasteiger partial charge < -0.3 is 4.74 Å². The van der Waals surface area contributed by atoms with Gasteiger partial charge in [0.1, 0.15) is 5.15 Å². The molecule has 0 bridgehead atoms. The number of carbonyl (C=O) groups excluding carboxylic acids is 1. The minimum atomic E-state index is -4.77. The molecule has 0 aliphatic heterocycles. The molecule has 0 aromatic carbocycles. The highest BCUT2D eigenvalue weighted by molar-refractivity contribution is 6.29. The molecule has 0 aliphatic rings. The maximum absolute atomic E-state index is 13.0. The van der Waals surface area contributed by atoms with Gasteiger partial charge in [0.15, 0.2) is 5.69 Å². The van der Waals surface area contributed by atoms with Crippen molar-refractivity contribution in [1.82, 2.24) is 4.98 Å². The van der Waals surface area contributed by atoms with Crippen LogP contribution >= 0.6 is 11.6 Å². The van der Waals surface area contributed by atoms with E-state index in [4.69, 9.17) is 16.3 Å². The van der Waals surface area contributed by atoms with Crippen LogP contribution in [-0.4, -0.2) is 17.6 Å². The number of nitrogens with zero attached hydrogens (tertiary/aromatic N) is 1. The predicted molar refractivity (Wildman–Crippen MR) is 68.7 cm³/mol. The highest BCUT2D eigenvalue weighted by Crippen LogP contribution is 2.34. The Balaban J connectivity index is 3.49. The van der Waals surface area contributed by atoms with Crippen LogP contribution < -0.4 is 0 Å². The predicted octanol–water partition coefficient (Wildman–Crippen LogP) is 4.13. The molecular formula is C13H15ClF3NO2. The molecule has 3 nitrogen and oxygen atoms in total. The molecule has 0 saturated carbocycles. The van der Waals surface area contributed by atoms with E-state index in [9.17, 15) is 18.0 Å². The lowest BCUT2D eigenvalue weighted by molar-refractivity contribution is -0.141. The highest BCUT2D eigenvalue weighted by atomic mass is 35.5. The van der Waals surface area contributed by atoms with Crippen LogP contribution in [0.2, 0.25) is 5.15 Å². The van der Waals surface area contributed by atoms with Crippen LogP contribution in [0.15, 0.2) is 6.07 Å². The molecule has 0 amide bonds. The number of alkyl halides is 3. The first-order valence-corrected chi connectivity index (χ1v) is 6.48. The Morgan fingerprint density at radius 1 is 1.45 bits per heavy atom. The summed E-state index contributed by atoms with van der Waals surface area (Å²) in [6.45, 7) is 5.17. The van der Waals surface area contributed by atoms with Crippen LogP contribution in [0.4, 0.5) is 13.2 Å². The lowest BCUT2D eigenvalue weighted by atomic mass is 9.97. The average Bonchev–Trinajstić information content (AvgIpc) is 2.26. The lowest BCUT2D eigenvalue weighted by Crippen LogP contribution is -2.20. The Kier molecular flexibility index (Phi) is 5.39. The second kappa shape index (κ2) is 6.43. The second-order valence-corrected chi connectivity index (χ2v) is 5.03. The van der Waals surface area contributed by atoms with Gasteiger partial charge >= 0.3 is 12.1 Å². The quantitative estimate of drug-likeness (QED) is 0.620. The molecule has 1 aromatic heterocycles. The van der Waals surface area contributed by atoms with Gasteiger partial charge in [0.05, 0.1) is 12.2 Å². The number of rotatable bonds is 4. The van der Waals surface area contributed by atoms with E-state index in [0.717, 1.165) is 0 Å². The van der Waals surface area contributed by atoms with Gasteiger partial charge in [-0.1, -0.05) is 25.4 Å². The van der Waals surface area contributed by atoms with E-state index < -0.39 is 23.4 Å². The van der Waals surface area contributed by atoms with Crippen molar-refractivity contribution in [1.29, 1.82) is 0 Å². The van der Waals surface area contributed by atoms with Crippen LogP contribution in [0.5, 0.6) is 0 Å². The Bertz CT molecular complexity index is 501. The number of carbonyl (C=O) groups is 1. The normalized spacial score (nSPS) is 11.8. The summed E-state index contributed by atoms with van der Waals surface area (Å²) in [5, 5.41) is -0.291. The third-order valence-electron chi connectivity index (χ3n) is 2.45. The summed E-state index contributed by atoms with van der Waals surface area (Å²) < 4.78 is 43.8. The molecule has 0 N–H and O–H groups in total. The van der Waals surface area contributed by atoms with Gasteiger partial charge in [0.25, 0.3) is 0 Å². The third-order valence-corrected chi connectivity index (χ3v) is 2.64. The van der Waals surface area contributed by atoms with Crippen LogP contribution in [0.3, 0.4) is 0 Å². The van der Waals surface area contributed by atoms with Crippen LogP contribution in [-0.2, 0) is 17.3 Å². The molecule has 0 fully saturated rings. The summed E-state index contributed by atoms with van der Waals surface area (Å²) in [6, 6.07) is 1.28. The summed E-state index contributed by atoms with van der Waals surface area (Å²) in [6.07, 6.45) is -4.49. The van der Waals surface area contributed by atoms with Crippen LogP contribution in [0.1, 0.15) is 42.4 Å². The molecule has 7 heteroatoms. The van der Waals surface area contributed by atoms with E-state index in [-0.39, 0.29) is 29.7 Å². The Morgan fingerprint density at radius 3 is 2.50 bits per heavy atom. The molecule has 0 atom stereocenters. The van der Waals surface area contributed by atoms with Gasteiger partial charge in [0.2, 0.25) is 0 Å². The lowest BCUT2D eigenvalue weighted by Gasteiger charge is -2.16. The van der Waals surface area contributed by atoms with Crippen molar-refractivity contribution < 1.29 is 22.7 Å². The summed E-state index contributed by atoms with van der Waals surface area (Å²) in [7, 11) is 0. The van der Waals surface area contributed by atoms with Crippen molar-refractivity contribution in [3.63, 3.8) is 0 Å². The van der Waals surface area contributed by atoms with E-state index in [2.05, 4.69) is 4.98 Å². The van der Waals surface area contributed by atoms with E-state index in [0.29, 0.717) is 0 Å². The van der Waals surface area contributed by atoms with Crippen LogP contribution in [0, 0.1) is 5.92 Å². The Morgan fingerprint density at radius 2 is 2.05 bits per heavy atom. The first kappa shape index (κ1) is 16.8. The smallest absolute Gasteiger partial charge is 0.434 e. The number of esters is 1. The summed E-state index contributed by atoms with van der Waals surface area (Å²) >= 11 is 5.63. The molecule has 0 radical (unpaired) electrons. The standard InChI is InChI=1S/C13H15ClF3NO2/c1-4-20-12(19)10-8(5-7(2)3)6-9(14)18-11(10)13(15,16)17/h6-7H,4-5H2,1-3H3. The van der Waals surface area contributed by atoms with E-state index in [1.165, 1.54) is 13.0 Å². The first-order chi connectivity index (χ1) is 9.16. The summed E-state index contributed by atoms with van der Waals surface area (Å²) in [5.74, 6) is -0.970.